The molecular weight excluding hydrogens is 690 g/mol. The zero-order chi connectivity index (χ0) is 37.1. The van der Waals surface area contributed by atoms with Gasteiger partial charge in [-0.25, -0.2) is 15.0 Å². The standard InChI is InChI=1S/C39H41N9O6/c1-39(2)53-32-33(37(49)43-24-10-7-22-9-12-30(44-28(22)17-24)47-14-6-15-47)52-38(34(32)54-39)48-20-26(27-13-16-46(3)45-27)31-35(41-21-42-36(31)48)40-19-23-8-11-25(50-4)18-29(23)51-5/h7-13,16-18,20-21,32-34,38H,6,14-15,19H2,1-5H3,(H,43,49)(H,40,41,42)/t32-,33+,34-,38-/m1/s1. The number of anilines is 3. The highest BCUT2D eigenvalue weighted by atomic mass is 16.8. The average Bonchev–Trinajstić information content (AvgIpc) is 3.91. The fourth-order valence-electron chi connectivity index (χ4n) is 7.47. The molecule has 278 valence electrons. The van der Waals surface area contributed by atoms with Gasteiger partial charge in [-0.2, -0.15) is 5.10 Å². The molecule has 15 nitrogen and oxygen atoms in total. The predicted molar refractivity (Wildman–Crippen MR) is 202 cm³/mol. The summed E-state index contributed by atoms with van der Waals surface area (Å²) in [5.41, 5.74) is 4.41. The molecule has 3 fully saturated rings. The summed E-state index contributed by atoms with van der Waals surface area (Å²) < 4.78 is 34.1. The second-order valence-corrected chi connectivity index (χ2v) is 14.2. The van der Waals surface area contributed by atoms with Crippen LogP contribution in [0.5, 0.6) is 11.5 Å². The average molecular weight is 732 g/mol. The summed E-state index contributed by atoms with van der Waals surface area (Å²) in [4.78, 5) is 30.6. The van der Waals surface area contributed by atoms with Crippen molar-refractivity contribution in [1.29, 1.82) is 0 Å². The minimum Gasteiger partial charge on any atom is -0.497 e. The number of carbonyl (C=O) groups excluding carboxylic acids is 1. The molecule has 0 unspecified atom stereocenters. The van der Waals surface area contributed by atoms with Crippen LogP contribution in [0.4, 0.5) is 17.3 Å². The first-order chi connectivity index (χ1) is 26.2. The fourth-order valence-corrected chi connectivity index (χ4v) is 7.47. The summed E-state index contributed by atoms with van der Waals surface area (Å²) in [6.45, 7) is 6.09. The number of methoxy groups -OCH3 is 2. The number of fused-ring (bicyclic) bond motifs is 3. The largest absolute Gasteiger partial charge is 0.497 e. The van der Waals surface area contributed by atoms with Crippen molar-refractivity contribution in [2.24, 2.45) is 7.05 Å². The third-order valence-corrected chi connectivity index (χ3v) is 10.2. The van der Waals surface area contributed by atoms with Gasteiger partial charge in [0.1, 0.15) is 47.3 Å². The molecule has 7 heterocycles. The van der Waals surface area contributed by atoms with E-state index in [0.717, 1.165) is 58.4 Å². The molecule has 3 aliphatic heterocycles. The van der Waals surface area contributed by atoms with Gasteiger partial charge in [0.25, 0.3) is 5.91 Å². The Morgan fingerprint density at radius 2 is 1.83 bits per heavy atom. The van der Waals surface area contributed by atoms with Crippen LogP contribution < -0.4 is 25.0 Å². The minimum absolute atomic E-state index is 0.348. The molecule has 3 saturated heterocycles. The third-order valence-electron chi connectivity index (χ3n) is 10.2. The maximum Gasteiger partial charge on any atom is 0.256 e. The number of nitrogens with zero attached hydrogens (tertiary/aromatic N) is 7. The number of rotatable bonds is 10. The zero-order valence-electron chi connectivity index (χ0n) is 30.6. The predicted octanol–water partition coefficient (Wildman–Crippen LogP) is 5.28. The Hall–Kier alpha value is -5.77. The lowest BCUT2D eigenvalue weighted by atomic mass is 10.1. The topological polar surface area (TPSA) is 152 Å². The lowest BCUT2D eigenvalue weighted by Crippen LogP contribution is -2.39. The van der Waals surface area contributed by atoms with Crippen LogP contribution in [0.3, 0.4) is 0 Å². The molecule has 2 N–H and O–H groups in total. The molecule has 4 atom stereocenters. The van der Waals surface area contributed by atoms with Crippen LogP contribution in [0.2, 0.25) is 0 Å². The molecule has 0 radical (unpaired) electrons. The number of aryl methyl sites for hydroxylation is 1. The number of amides is 1. The van der Waals surface area contributed by atoms with Gasteiger partial charge in [0.2, 0.25) is 0 Å². The monoisotopic (exact) mass is 731 g/mol. The van der Waals surface area contributed by atoms with E-state index in [1.54, 1.807) is 18.9 Å². The molecule has 0 saturated carbocycles. The van der Waals surface area contributed by atoms with Gasteiger partial charge in [0.15, 0.2) is 18.1 Å². The van der Waals surface area contributed by atoms with Gasteiger partial charge in [-0.05, 0) is 62.7 Å². The van der Waals surface area contributed by atoms with Crippen LogP contribution >= 0.6 is 0 Å². The first-order valence-electron chi connectivity index (χ1n) is 18.0. The van der Waals surface area contributed by atoms with E-state index in [9.17, 15) is 4.79 Å². The van der Waals surface area contributed by atoms with Gasteiger partial charge >= 0.3 is 0 Å². The van der Waals surface area contributed by atoms with E-state index in [1.165, 1.54) is 6.33 Å². The summed E-state index contributed by atoms with van der Waals surface area (Å²) in [6, 6.07) is 17.4. The van der Waals surface area contributed by atoms with E-state index in [1.807, 2.05) is 86.4 Å². The molecular formula is C39H41N9O6. The molecule has 0 spiro atoms. The number of nitrogens with one attached hydrogen (secondary N) is 2. The Labute approximate surface area is 311 Å². The van der Waals surface area contributed by atoms with Crippen LogP contribution in [-0.2, 0) is 32.6 Å². The van der Waals surface area contributed by atoms with E-state index in [-0.39, 0.29) is 5.91 Å². The first kappa shape index (κ1) is 34.0. The van der Waals surface area contributed by atoms with Crippen LogP contribution in [0.1, 0.15) is 32.1 Å². The second-order valence-electron chi connectivity index (χ2n) is 14.2. The zero-order valence-corrected chi connectivity index (χ0v) is 30.6. The van der Waals surface area contributed by atoms with Crippen molar-refractivity contribution < 1.29 is 28.5 Å². The Balaban J connectivity index is 1.05. The number of ether oxygens (including phenoxy) is 5. The maximum absolute atomic E-state index is 14.1. The smallest absolute Gasteiger partial charge is 0.256 e. The van der Waals surface area contributed by atoms with Gasteiger partial charge in [-0.3, -0.25) is 9.48 Å². The van der Waals surface area contributed by atoms with Gasteiger partial charge in [-0.15, -0.1) is 0 Å². The second kappa shape index (κ2) is 13.3. The Morgan fingerprint density at radius 3 is 2.59 bits per heavy atom. The molecule has 3 aliphatic rings. The van der Waals surface area contributed by atoms with E-state index < -0.39 is 30.3 Å². The molecule has 6 aromatic rings. The van der Waals surface area contributed by atoms with Crippen LogP contribution in [0, 0.1) is 0 Å². The summed E-state index contributed by atoms with van der Waals surface area (Å²) in [5.74, 6) is 1.60. The van der Waals surface area contributed by atoms with E-state index >= 15 is 0 Å². The number of hydrogen-bond acceptors (Lipinski definition) is 12. The number of hydrogen-bond donors (Lipinski definition) is 2. The van der Waals surface area contributed by atoms with Crippen molar-refractivity contribution in [1.82, 2.24) is 29.3 Å². The highest BCUT2D eigenvalue weighted by molar-refractivity contribution is 6.01. The van der Waals surface area contributed by atoms with Crippen LogP contribution in [0.25, 0.3) is 33.2 Å². The molecule has 1 amide bonds. The molecule has 0 aliphatic carbocycles. The van der Waals surface area contributed by atoms with Crippen molar-refractivity contribution in [2.75, 3.05) is 42.8 Å². The molecule has 2 aromatic carbocycles. The van der Waals surface area contributed by atoms with Crippen molar-refractivity contribution in [2.45, 2.75) is 57.1 Å². The summed E-state index contributed by atoms with van der Waals surface area (Å²) in [5, 5.41) is 13.0. The van der Waals surface area contributed by atoms with Crippen molar-refractivity contribution in [3.63, 3.8) is 0 Å². The number of aromatic nitrogens is 6. The lowest BCUT2D eigenvalue weighted by molar-refractivity contribution is -0.196. The summed E-state index contributed by atoms with van der Waals surface area (Å²) >= 11 is 0. The quantitative estimate of drug-likeness (QED) is 0.189. The SMILES string of the molecule is COc1ccc(CNc2ncnc3c2c(-c2ccn(C)n2)cn3[C@@H]2O[C@H](C(=O)Nc3ccc4ccc(N5CCC5)nc4c3)[C@H]3OC(C)(C)O[C@H]32)c(OC)c1. The highest BCUT2D eigenvalue weighted by Gasteiger charge is 2.58. The molecule has 0 bridgehead atoms. The third kappa shape index (κ3) is 6.03. The van der Waals surface area contributed by atoms with Gasteiger partial charge in [0, 0.05) is 67.3 Å². The number of pyridine rings is 1. The Kier molecular flexibility index (Phi) is 8.36. The normalized spacial score (nSPS) is 21.6. The molecule has 9 rings (SSSR count). The number of carbonyl (C=O) groups is 1. The first-order valence-corrected chi connectivity index (χ1v) is 18.0. The highest BCUT2D eigenvalue weighted by Crippen LogP contribution is 2.46. The Bertz CT molecular complexity index is 2390. The number of benzene rings is 2. The molecule has 54 heavy (non-hydrogen) atoms. The van der Waals surface area contributed by atoms with E-state index in [0.29, 0.717) is 35.2 Å². The summed E-state index contributed by atoms with van der Waals surface area (Å²) in [6.07, 6.45) is 3.39. The van der Waals surface area contributed by atoms with E-state index in [4.69, 9.17) is 38.8 Å². The van der Waals surface area contributed by atoms with E-state index in [2.05, 4.69) is 26.6 Å². The Morgan fingerprint density at radius 1 is 1.00 bits per heavy atom. The van der Waals surface area contributed by atoms with Crippen LogP contribution in [0.15, 0.2) is 73.3 Å². The molecule has 15 heteroatoms. The van der Waals surface area contributed by atoms with Crippen molar-refractivity contribution in [3.8, 4) is 22.8 Å². The van der Waals surface area contributed by atoms with Crippen molar-refractivity contribution >= 4 is 45.2 Å². The minimum atomic E-state index is -0.990. The fraction of sp³-hybridized carbons (Fsp3) is 0.359. The summed E-state index contributed by atoms with van der Waals surface area (Å²) in [7, 11) is 5.11. The van der Waals surface area contributed by atoms with Gasteiger partial charge in [-0.1, -0.05) is 6.07 Å². The van der Waals surface area contributed by atoms with Crippen LogP contribution in [-0.4, -0.2) is 86.6 Å². The maximum atomic E-state index is 14.1. The lowest BCUT2D eigenvalue weighted by Gasteiger charge is -2.32. The van der Waals surface area contributed by atoms with Crippen molar-refractivity contribution in [3.05, 3.63) is 78.9 Å². The van der Waals surface area contributed by atoms with Gasteiger partial charge < -0.3 is 43.8 Å². The van der Waals surface area contributed by atoms with Gasteiger partial charge in [0.05, 0.1) is 30.8 Å². The molecule has 4 aromatic heterocycles.